The van der Waals surface area contributed by atoms with Gasteiger partial charge in [-0.15, -0.1) is 0 Å². The number of hydrogen-bond donors (Lipinski definition) is 0. The van der Waals surface area contributed by atoms with Gasteiger partial charge >= 0.3 is 0 Å². The number of hydrogen-bond acceptors (Lipinski definition) is 6. The van der Waals surface area contributed by atoms with Crippen molar-refractivity contribution >= 4 is 21.7 Å². The van der Waals surface area contributed by atoms with Gasteiger partial charge in [0, 0.05) is 22.2 Å². The van der Waals surface area contributed by atoms with Gasteiger partial charge in [-0.3, -0.25) is 4.18 Å². The summed E-state index contributed by atoms with van der Waals surface area (Å²) < 4.78 is 46.7. The predicted octanol–water partition coefficient (Wildman–Crippen LogP) is 4.52. The first kappa shape index (κ1) is 19.6. The van der Waals surface area contributed by atoms with Gasteiger partial charge in [-0.2, -0.15) is 8.42 Å². The van der Waals surface area contributed by atoms with Crippen LogP contribution in [0.2, 0.25) is 5.02 Å². The molecule has 0 bridgehead atoms. The van der Waals surface area contributed by atoms with Crippen LogP contribution in [-0.2, 0) is 14.3 Å². The summed E-state index contributed by atoms with van der Waals surface area (Å²) in [5, 5.41) is 0.451. The second-order valence-electron chi connectivity index (χ2n) is 6.20. The fourth-order valence-corrected chi connectivity index (χ4v) is 4.14. The maximum Gasteiger partial charge on any atom is 0.297 e. The molecule has 0 fully saturated rings. The molecule has 1 atom stereocenters. The molecule has 29 heavy (non-hydrogen) atoms. The van der Waals surface area contributed by atoms with Crippen LogP contribution in [0.1, 0.15) is 0 Å². The molecule has 0 amide bonds. The molecule has 0 saturated heterocycles. The molecule has 6 nitrogen and oxygen atoms in total. The summed E-state index contributed by atoms with van der Waals surface area (Å²) in [4.78, 5) is 0.0632. The average molecular weight is 433 g/mol. The van der Waals surface area contributed by atoms with Gasteiger partial charge in [-0.25, -0.2) is 0 Å². The molecule has 150 valence electrons. The minimum atomic E-state index is -3.92. The second-order valence-corrected chi connectivity index (χ2v) is 8.25. The zero-order valence-corrected chi connectivity index (χ0v) is 16.9. The summed E-state index contributed by atoms with van der Waals surface area (Å²) >= 11 is 6.25. The molecule has 1 unspecified atom stereocenters. The quantitative estimate of drug-likeness (QED) is 0.533. The fraction of sp³-hybridized carbons (Fsp3) is 0.143. The Hall–Kier alpha value is -2.74. The number of halogens is 1. The van der Waals surface area contributed by atoms with Crippen molar-refractivity contribution in [3.05, 3.63) is 71.8 Å². The lowest BCUT2D eigenvalue weighted by molar-refractivity contribution is 0.00992. The van der Waals surface area contributed by atoms with Crippen molar-refractivity contribution in [2.24, 2.45) is 0 Å². The van der Waals surface area contributed by atoms with Crippen molar-refractivity contribution < 1.29 is 26.8 Å². The highest BCUT2D eigenvalue weighted by atomic mass is 35.5. The SMILES string of the molecule is COc1ccccc1-c1cc(Cl)cc2c1OC(COS(=O)(=O)c1ccccc1)O2. The monoisotopic (exact) mass is 432 g/mol. The molecule has 0 spiro atoms. The Kier molecular flexibility index (Phi) is 5.36. The minimum absolute atomic E-state index is 0.0632. The Labute approximate surface area is 173 Å². The first-order valence-electron chi connectivity index (χ1n) is 8.72. The maximum atomic E-state index is 12.3. The summed E-state index contributed by atoms with van der Waals surface area (Å²) in [6, 6.07) is 18.7. The van der Waals surface area contributed by atoms with Crippen LogP contribution in [0.3, 0.4) is 0 Å². The summed E-state index contributed by atoms with van der Waals surface area (Å²) in [6.07, 6.45) is -0.935. The first-order valence-corrected chi connectivity index (χ1v) is 10.5. The first-order chi connectivity index (χ1) is 14.0. The highest BCUT2D eigenvalue weighted by Crippen LogP contribution is 2.47. The van der Waals surface area contributed by atoms with E-state index in [1.807, 2.05) is 24.3 Å². The molecule has 0 aromatic heterocycles. The molecular formula is C21H17ClO6S. The molecule has 3 aromatic rings. The Morgan fingerprint density at radius 1 is 0.966 bits per heavy atom. The smallest absolute Gasteiger partial charge is 0.297 e. The summed E-state index contributed by atoms with van der Waals surface area (Å²) in [7, 11) is -2.35. The topological polar surface area (TPSA) is 71.1 Å². The standard InChI is InChI=1S/C21H17ClO6S/c1-25-18-10-6-5-9-16(18)17-11-14(22)12-19-21(17)28-20(27-19)13-26-29(23,24)15-7-3-2-4-8-15/h2-12,20H,13H2,1H3. The Morgan fingerprint density at radius 3 is 2.45 bits per heavy atom. The number of para-hydroxylation sites is 1. The number of ether oxygens (including phenoxy) is 3. The Balaban J connectivity index is 1.57. The number of benzene rings is 3. The van der Waals surface area contributed by atoms with Crippen molar-refractivity contribution in [2.75, 3.05) is 13.7 Å². The van der Waals surface area contributed by atoms with E-state index in [0.717, 1.165) is 5.56 Å². The molecule has 0 aliphatic carbocycles. The molecule has 4 rings (SSSR count). The fourth-order valence-electron chi connectivity index (χ4n) is 3.01. The largest absolute Gasteiger partial charge is 0.496 e. The number of rotatable bonds is 6. The van der Waals surface area contributed by atoms with E-state index in [0.29, 0.717) is 27.8 Å². The molecule has 3 aromatic carbocycles. The van der Waals surface area contributed by atoms with Crippen LogP contribution in [-0.4, -0.2) is 28.4 Å². The Morgan fingerprint density at radius 2 is 1.69 bits per heavy atom. The van der Waals surface area contributed by atoms with Gasteiger partial charge in [-0.05, 0) is 24.3 Å². The summed E-state index contributed by atoms with van der Waals surface area (Å²) in [5.41, 5.74) is 1.45. The summed E-state index contributed by atoms with van der Waals surface area (Å²) in [6.45, 7) is -0.311. The van der Waals surface area contributed by atoms with E-state index in [1.165, 1.54) is 12.1 Å². The predicted molar refractivity (Wildman–Crippen MR) is 108 cm³/mol. The van der Waals surface area contributed by atoms with Crippen molar-refractivity contribution in [3.63, 3.8) is 0 Å². The van der Waals surface area contributed by atoms with Crippen LogP contribution in [0.4, 0.5) is 0 Å². The van der Waals surface area contributed by atoms with Crippen molar-refractivity contribution in [1.29, 1.82) is 0 Å². The molecule has 0 saturated carbocycles. The van der Waals surface area contributed by atoms with Crippen LogP contribution in [0.5, 0.6) is 17.2 Å². The summed E-state index contributed by atoms with van der Waals surface area (Å²) in [5.74, 6) is 1.50. The number of methoxy groups -OCH3 is 1. The van der Waals surface area contributed by atoms with Gasteiger partial charge < -0.3 is 14.2 Å². The second kappa shape index (κ2) is 7.94. The van der Waals surface area contributed by atoms with E-state index in [-0.39, 0.29) is 11.5 Å². The average Bonchev–Trinajstić information content (AvgIpc) is 3.15. The van der Waals surface area contributed by atoms with Crippen molar-refractivity contribution in [2.45, 2.75) is 11.2 Å². The van der Waals surface area contributed by atoms with E-state index >= 15 is 0 Å². The highest BCUT2D eigenvalue weighted by Gasteiger charge is 2.31. The van der Waals surface area contributed by atoms with Crippen molar-refractivity contribution in [3.8, 4) is 28.4 Å². The van der Waals surface area contributed by atoms with Crippen molar-refractivity contribution in [1.82, 2.24) is 0 Å². The molecular weight excluding hydrogens is 416 g/mol. The van der Waals surface area contributed by atoms with E-state index in [1.54, 1.807) is 37.4 Å². The van der Waals surface area contributed by atoms with Crippen LogP contribution < -0.4 is 14.2 Å². The normalized spacial score (nSPS) is 15.3. The van der Waals surface area contributed by atoms with Gasteiger partial charge in [0.1, 0.15) is 12.4 Å². The zero-order valence-electron chi connectivity index (χ0n) is 15.4. The molecule has 1 aliphatic rings. The van der Waals surface area contributed by atoms with Gasteiger partial charge in [0.15, 0.2) is 11.5 Å². The third kappa shape index (κ3) is 4.03. The lowest BCUT2D eigenvalue weighted by Gasteiger charge is -2.12. The highest BCUT2D eigenvalue weighted by molar-refractivity contribution is 7.86. The molecule has 8 heteroatoms. The molecule has 0 radical (unpaired) electrons. The maximum absolute atomic E-state index is 12.3. The minimum Gasteiger partial charge on any atom is -0.496 e. The van der Waals surface area contributed by atoms with Crippen LogP contribution in [0.25, 0.3) is 11.1 Å². The zero-order chi connectivity index (χ0) is 20.4. The van der Waals surface area contributed by atoms with Crippen LogP contribution >= 0.6 is 11.6 Å². The van der Waals surface area contributed by atoms with Crippen LogP contribution in [0, 0.1) is 0 Å². The van der Waals surface area contributed by atoms with Gasteiger partial charge in [0.25, 0.3) is 16.4 Å². The molecule has 1 heterocycles. The Bertz CT molecular complexity index is 1130. The van der Waals surface area contributed by atoms with E-state index in [4.69, 9.17) is 30.0 Å². The molecule has 0 N–H and O–H groups in total. The van der Waals surface area contributed by atoms with Gasteiger partial charge in [0.2, 0.25) is 0 Å². The molecule has 1 aliphatic heterocycles. The number of fused-ring (bicyclic) bond motifs is 1. The third-order valence-electron chi connectivity index (χ3n) is 4.32. The van der Waals surface area contributed by atoms with E-state index in [9.17, 15) is 8.42 Å². The van der Waals surface area contributed by atoms with Gasteiger partial charge in [-0.1, -0.05) is 48.0 Å². The van der Waals surface area contributed by atoms with E-state index < -0.39 is 16.4 Å². The van der Waals surface area contributed by atoms with Gasteiger partial charge in [0.05, 0.1) is 12.0 Å². The third-order valence-corrected chi connectivity index (χ3v) is 5.83. The lowest BCUT2D eigenvalue weighted by atomic mass is 10.0. The van der Waals surface area contributed by atoms with E-state index in [2.05, 4.69) is 0 Å². The van der Waals surface area contributed by atoms with Crippen LogP contribution in [0.15, 0.2) is 71.6 Å². The lowest BCUT2D eigenvalue weighted by Crippen LogP contribution is -2.26.